The number of nitrogens with zero attached hydrogens (tertiary/aromatic N) is 4. The predicted octanol–water partition coefficient (Wildman–Crippen LogP) is 4.00. The SMILES string of the molecule is Cn1cnnc1-c1ccccc1C(=O)OC1CCN(Cc2ccsc2)CC1.O=C(O)C(F)(F)F. The molecule has 34 heavy (non-hydrogen) atoms. The lowest BCUT2D eigenvalue weighted by atomic mass is 10.1. The first-order valence-corrected chi connectivity index (χ1v) is 11.3. The highest BCUT2D eigenvalue weighted by Gasteiger charge is 2.38. The number of hydrogen-bond donors (Lipinski definition) is 1. The minimum absolute atomic E-state index is 0.0382. The molecule has 0 saturated carbocycles. The van der Waals surface area contributed by atoms with Gasteiger partial charge >= 0.3 is 18.1 Å². The Bertz CT molecular complexity index is 1090. The summed E-state index contributed by atoms with van der Waals surface area (Å²) in [4.78, 5) is 24.1. The van der Waals surface area contributed by atoms with E-state index in [4.69, 9.17) is 14.6 Å². The van der Waals surface area contributed by atoms with Crippen molar-refractivity contribution in [3.8, 4) is 11.4 Å². The average Bonchev–Trinajstić information content (AvgIpc) is 3.46. The van der Waals surface area contributed by atoms with Gasteiger partial charge in [-0.3, -0.25) is 4.90 Å². The van der Waals surface area contributed by atoms with E-state index in [1.165, 1.54) is 5.56 Å². The first-order valence-electron chi connectivity index (χ1n) is 10.3. The summed E-state index contributed by atoms with van der Waals surface area (Å²) >= 11 is 1.73. The highest BCUT2D eigenvalue weighted by molar-refractivity contribution is 7.07. The van der Waals surface area contributed by atoms with Gasteiger partial charge in [0, 0.05) is 32.2 Å². The topological polar surface area (TPSA) is 97.6 Å². The lowest BCUT2D eigenvalue weighted by Gasteiger charge is -2.31. The molecule has 182 valence electrons. The zero-order valence-corrected chi connectivity index (χ0v) is 19.1. The Morgan fingerprint density at radius 3 is 2.44 bits per heavy atom. The number of aromatic nitrogens is 3. The van der Waals surface area contributed by atoms with Crippen molar-refractivity contribution in [2.24, 2.45) is 7.05 Å². The van der Waals surface area contributed by atoms with Crippen LogP contribution in [0.5, 0.6) is 0 Å². The Kier molecular flexibility index (Phi) is 8.40. The zero-order chi connectivity index (χ0) is 24.7. The molecule has 12 heteroatoms. The van der Waals surface area contributed by atoms with Crippen LogP contribution in [0.2, 0.25) is 0 Å². The molecule has 1 aliphatic rings. The minimum Gasteiger partial charge on any atom is -0.475 e. The third kappa shape index (κ3) is 6.87. The zero-order valence-electron chi connectivity index (χ0n) is 18.2. The molecule has 1 saturated heterocycles. The van der Waals surface area contributed by atoms with Crippen LogP contribution in [0.25, 0.3) is 11.4 Å². The molecule has 3 aromatic rings. The molecule has 3 heterocycles. The molecular formula is C22H23F3N4O4S. The summed E-state index contributed by atoms with van der Waals surface area (Å²) in [6.07, 6.45) is -1.77. The van der Waals surface area contributed by atoms with E-state index >= 15 is 0 Å². The van der Waals surface area contributed by atoms with Gasteiger partial charge in [0.25, 0.3) is 0 Å². The van der Waals surface area contributed by atoms with Gasteiger partial charge in [-0.1, -0.05) is 18.2 Å². The van der Waals surface area contributed by atoms with Crippen molar-refractivity contribution in [1.82, 2.24) is 19.7 Å². The van der Waals surface area contributed by atoms with Crippen molar-refractivity contribution in [3.63, 3.8) is 0 Å². The number of alkyl halides is 3. The second-order valence-corrected chi connectivity index (χ2v) is 8.41. The lowest BCUT2D eigenvalue weighted by Crippen LogP contribution is -2.37. The van der Waals surface area contributed by atoms with E-state index in [0.29, 0.717) is 11.4 Å². The summed E-state index contributed by atoms with van der Waals surface area (Å²) < 4.78 is 39.4. The number of benzene rings is 1. The van der Waals surface area contributed by atoms with Crippen LogP contribution < -0.4 is 0 Å². The van der Waals surface area contributed by atoms with Crippen LogP contribution in [0.4, 0.5) is 13.2 Å². The van der Waals surface area contributed by atoms with E-state index in [9.17, 15) is 18.0 Å². The third-order valence-electron chi connectivity index (χ3n) is 5.14. The van der Waals surface area contributed by atoms with Crippen LogP contribution in [-0.4, -0.2) is 62.1 Å². The molecule has 0 atom stereocenters. The summed E-state index contributed by atoms with van der Waals surface area (Å²) in [6.45, 7) is 2.86. The molecule has 0 aliphatic carbocycles. The first kappa shape index (κ1) is 25.4. The number of carbonyl (C=O) groups is 2. The van der Waals surface area contributed by atoms with Crippen LogP contribution in [0.15, 0.2) is 47.4 Å². The number of aliphatic carboxylic acids is 1. The molecular weight excluding hydrogens is 473 g/mol. The fraction of sp³-hybridized carbons (Fsp3) is 0.364. The quantitative estimate of drug-likeness (QED) is 0.534. The van der Waals surface area contributed by atoms with Crippen molar-refractivity contribution in [1.29, 1.82) is 0 Å². The predicted molar refractivity (Wildman–Crippen MR) is 118 cm³/mol. The standard InChI is InChI=1S/C20H22N4O2S.C2HF3O2/c1-23-14-21-22-19(23)17-4-2-3-5-18(17)20(25)26-16-6-9-24(10-7-16)12-15-8-11-27-13-15;3-2(4,5)1(6)7/h2-5,8,11,13-14,16H,6-7,9-10,12H2,1H3;(H,6,7). The maximum absolute atomic E-state index is 12.8. The van der Waals surface area contributed by atoms with Gasteiger partial charge in [0.05, 0.1) is 5.56 Å². The van der Waals surface area contributed by atoms with Crippen molar-refractivity contribution < 1.29 is 32.6 Å². The van der Waals surface area contributed by atoms with E-state index < -0.39 is 12.1 Å². The largest absolute Gasteiger partial charge is 0.490 e. The Morgan fingerprint density at radius 1 is 1.21 bits per heavy atom. The molecule has 0 radical (unpaired) electrons. The highest BCUT2D eigenvalue weighted by Crippen LogP contribution is 2.24. The fourth-order valence-corrected chi connectivity index (χ4v) is 4.08. The second kappa shape index (κ2) is 11.3. The number of aryl methyl sites for hydroxylation is 1. The van der Waals surface area contributed by atoms with Gasteiger partial charge in [-0.25, -0.2) is 9.59 Å². The number of carboxylic acid groups (broad SMARTS) is 1. The van der Waals surface area contributed by atoms with Crippen LogP contribution in [-0.2, 0) is 23.1 Å². The Hall–Kier alpha value is -3.25. The molecule has 4 rings (SSSR count). The van der Waals surface area contributed by atoms with E-state index in [1.54, 1.807) is 28.3 Å². The number of halogens is 3. The number of carbonyl (C=O) groups excluding carboxylic acids is 1. The van der Waals surface area contributed by atoms with Crippen molar-refractivity contribution in [2.45, 2.75) is 31.7 Å². The highest BCUT2D eigenvalue weighted by atomic mass is 32.1. The van der Waals surface area contributed by atoms with E-state index in [1.807, 2.05) is 25.2 Å². The monoisotopic (exact) mass is 496 g/mol. The van der Waals surface area contributed by atoms with E-state index in [2.05, 4.69) is 31.9 Å². The maximum atomic E-state index is 12.8. The molecule has 0 unspecified atom stereocenters. The number of ether oxygens (including phenoxy) is 1. The first-order chi connectivity index (χ1) is 16.1. The van der Waals surface area contributed by atoms with Crippen LogP contribution >= 0.6 is 11.3 Å². The molecule has 1 aliphatic heterocycles. The maximum Gasteiger partial charge on any atom is 0.490 e. The Balaban J connectivity index is 0.000000406. The number of likely N-dealkylation sites (tertiary alicyclic amines) is 1. The van der Waals surface area contributed by atoms with E-state index in [-0.39, 0.29) is 12.1 Å². The number of piperidine rings is 1. The number of esters is 1. The van der Waals surface area contributed by atoms with E-state index in [0.717, 1.165) is 38.0 Å². The smallest absolute Gasteiger partial charge is 0.475 e. The number of thiophene rings is 1. The van der Waals surface area contributed by atoms with Crippen molar-refractivity contribution in [3.05, 3.63) is 58.5 Å². The lowest BCUT2D eigenvalue weighted by molar-refractivity contribution is -0.192. The molecule has 0 amide bonds. The van der Waals surface area contributed by atoms with Gasteiger partial charge in [-0.2, -0.15) is 24.5 Å². The summed E-state index contributed by atoms with van der Waals surface area (Å²) in [7, 11) is 1.86. The van der Waals surface area contributed by atoms with Gasteiger partial charge in [0.2, 0.25) is 0 Å². The molecule has 1 aromatic carbocycles. The van der Waals surface area contributed by atoms with Crippen molar-refractivity contribution in [2.75, 3.05) is 13.1 Å². The Morgan fingerprint density at radius 2 is 1.88 bits per heavy atom. The van der Waals surface area contributed by atoms with Crippen LogP contribution in [0, 0.1) is 0 Å². The van der Waals surface area contributed by atoms with Crippen LogP contribution in [0.3, 0.4) is 0 Å². The van der Waals surface area contributed by atoms with Gasteiger partial charge in [0.15, 0.2) is 5.82 Å². The molecule has 0 bridgehead atoms. The molecule has 1 N–H and O–H groups in total. The molecule has 1 fully saturated rings. The number of hydrogen-bond acceptors (Lipinski definition) is 7. The van der Waals surface area contributed by atoms with Gasteiger partial charge < -0.3 is 14.4 Å². The average molecular weight is 497 g/mol. The van der Waals surface area contributed by atoms with Gasteiger partial charge in [-0.05, 0) is 41.3 Å². The molecule has 2 aromatic heterocycles. The third-order valence-corrected chi connectivity index (χ3v) is 5.87. The second-order valence-electron chi connectivity index (χ2n) is 7.63. The fourth-order valence-electron chi connectivity index (χ4n) is 3.42. The summed E-state index contributed by atoms with van der Waals surface area (Å²) in [5.41, 5.74) is 2.64. The molecule has 8 nitrogen and oxygen atoms in total. The summed E-state index contributed by atoms with van der Waals surface area (Å²) in [5.74, 6) is -2.38. The van der Waals surface area contributed by atoms with Crippen molar-refractivity contribution >= 4 is 23.3 Å². The van der Waals surface area contributed by atoms with Gasteiger partial charge in [0.1, 0.15) is 12.4 Å². The summed E-state index contributed by atoms with van der Waals surface area (Å²) in [6, 6.07) is 9.58. The minimum atomic E-state index is -5.08. The summed E-state index contributed by atoms with van der Waals surface area (Å²) in [5, 5.41) is 19.5. The van der Waals surface area contributed by atoms with Crippen LogP contribution in [0.1, 0.15) is 28.8 Å². The number of carboxylic acids is 1. The Labute approximate surface area is 197 Å². The normalized spacial score (nSPS) is 14.8. The molecule has 0 spiro atoms. The van der Waals surface area contributed by atoms with Gasteiger partial charge in [-0.15, -0.1) is 10.2 Å². The number of rotatable bonds is 5.